The van der Waals surface area contributed by atoms with Crippen LogP contribution in [0.4, 0.5) is 5.95 Å². The van der Waals surface area contributed by atoms with E-state index in [1.807, 2.05) is 72.6 Å². The fraction of sp³-hybridized carbons (Fsp3) is 0.346. The summed E-state index contributed by atoms with van der Waals surface area (Å²) in [6.45, 7) is 0.685. The third-order valence-corrected chi connectivity index (χ3v) is 6.00. The number of carbonyl (C=O) groups is 1. The normalized spacial score (nSPS) is 15.8. The highest BCUT2D eigenvalue weighted by Gasteiger charge is 2.32. The number of carbonyl (C=O) groups excluding carboxylic acids is 1. The molecule has 1 saturated heterocycles. The van der Waals surface area contributed by atoms with Gasteiger partial charge in [-0.2, -0.15) is 0 Å². The van der Waals surface area contributed by atoms with E-state index in [2.05, 4.69) is 4.98 Å². The van der Waals surface area contributed by atoms with Crippen LogP contribution >= 0.6 is 0 Å². The zero-order chi connectivity index (χ0) is 23.4. The van der Waals surface area contributed by atoms with Crippen molar-refractivity contribution in [1.29, 1.82) is 0 Å². The Labute approximate surface area is 195 Å². The zero-order valence-corrected chi connectivity index (χ0v) is 19.6. The van der Waals surface area contributed by atoms with E-state index in [-0.39, 0.29) is 11.9 Å². The maximum atomic E-state index is 13.6. The van der Waals surface area contributed by atoms with Crippen molar-refractivity contribution in [3.05, 3.63) is 66.0 Å². The quantitative estimate of drug-likeness (QED) is 0.552. The molecule has 4 rings (SSSR count). The summed E-state index contributed by atoms with van der Waals surface area (Å²) in [6.07, 6.45) is 4.72. The Morgan fingerprint density at radius 1 is 1.03 bits per heavy atom. The van der Waals surface area contributed by atoms with Gasteiger partial charge in [-0.15, -0.1) is 0 Å². The predicted molar refractivity (Wildman–Crippen MR) is 129 cm³/mol. The number of ether oxygens (including phenoxy) is 2. The van der Waals surface area contributed by atoms with Gasteiger partial charge >= 0.3 is 0 Å². The standard InChI is InChI=1S/C26H30N4O3/c1-29(2)26-27-17-22(18-11-13-20(32-3)14-12-18)24(28-26)23-10-5-6-15-30(23)25(31)19-8-7-9-21(16-19)33-4/h7-9,11-14,16-17,23H,5-6,10,15H2,1-4H3. The summed E-state index contributed by atoms with van der Waals surface area (Å²) in [7, 11) is 7.11. The minimum absolute atomic E-state index is 0.00991. The summed E-state index contributed by atoms with van der Waals surface area (Å²) < 4.78 is 10.7. The van der Waals surface area contributed by atoms with Gasteiger partial charge in [-0.1, -0.05) is 18.2 Å². The van der Waals surface area contributed by atoms with E-state index in [4.69, 9.17) is 14.5 Å². The number of piperidine rings is 1. The van der Waals surface area contributed by atoms with Crippen LogP contribution in [-0.2, 0) is 0 Å². The molecule has 1 aliphatic heterocycles. The number of hydrogen-bond donors (Lipinski definition) is 0. The first-order chi connectivity index (χ1) is 16.0. The van der Waals surface area contributed by atoms with Gasteiger partial charge in [0.1, 0.15) is 11.5 Å². The molecule has 33 heavy (non-hydrogen) atoms. The summed E-state index contributed by atoms with van der Waals surface area (Å²) in [4.78, 5) is 26.9. The van der Waals surface area contributed by atoms with Crippen LogP contribution in [0.1, 0.15) is 41.4 Å². The van der Waals surface area contributed by atoms with Crippen molar-refractivity contribution in [2.75, 3.05) is 39.8 Å². The van der Waals surface area contributed by atoms with Gasteiger partial charge in [0.25, 0.3) is 5.91 Å². The van der Waals surface area contributed by atoms with E-state index in [9.17, 15) is 4.79 Å². The highest BCUT2D eigenvalue weighted by Crippen LogP contribution is 2.37. The van der Waals surface area contributed by atoms with E-state index < -0.39 is 0 Å². The van der Waals surface area contributed by atoms with Crippen LogP contribution in [0, 0.1) is 0 Å². The van der Waals surface area contributed by atoms with Gasteiger partial charge in [0.15, 0.2) is 0 Å². The lowest BCUT2D eigenvalue weighted by Gasteiger charge is -2.36. The average Bonchev–Trinajstić information content (AvgIpc) is 2.88. The fourth-order valence-electron chi connectivity index (χ4n) is 4.23. The lowest BCUT2D eigenvalue weighted by molar-refractivity contribution is 0.0606. The first-order valence-electron chi connectivity index (χ1n) is 11.2. The number of aromatic nitrogens is 2. The van der Waals surface area contributed by atoms with E-state index in [0.29, 0.717) is 23.8 Å². The average molecular weight is 447 g/mol. The number of methoxy groups -OCH3 is 2. The molecule has 1 amide bonds. The van der Waals surface area contributed by atoms with Crippen molar-refractivity contribution < 1.29 is 14.3 Å². The third kappa shape index (κ3) is 4.77. The van der Waals surface area contributed by atoms with Crippen LogP contribution in [0.3, 0.4) is 0 Å². The Hall–Kier alpha value is -3.61. The Morgan fingerprint density at radius 3 is 2.48 bits per heavy atom. The Balaban J connectivity index is 1.78. The van der Waals surface area contributed by atoms with Gasteiger partial charge < -0.3 is 19.3 Å². The van der Waals surface area contributed by atoms with E-state index in [0.717, 1.165) is 41.8 Å². The maximum absolute atomic E-state index is 13.6. The topological polar surface area (TPSA) is 67.8 Å². The van der Waals surface area contributed by atoms with Gasteiger partial charge in [-0.25, -0.2) is 9.97 Å². The van der Waals surface area contributed by atoms with Crippen molar-refractivity contribution in [2.45, 2.75) is 25.3 Å². The van der Waals surface area contributed by atoms with E-state index in [1.165, 1.54) is 0 Å². The van der Waals surface area contributed by atoms with Crippen LogP contribution in [-0.4, -0.2) is 55.6 Å². The summed E-state index contributed by atoms with van der Waals surface area (Å²) in [5.41, 5.74) is 3.41. The highest BCUT2D eigenvalue weighted by molar-refractivity contribution is 5.95. The molecule has 172 valence electrons. The number of nitrogens with zero attached hydrogens (tertiary/aromatic N) is 4. The lowest BCUT2D eigenvalue weighted by atomic mass is 9.93. The second-order valence-corrected chi connectivity index (χ2v) is 8.33. The molecule has 0 bridgehead atoms. The molecular formula is C26H30N4O3. The number of anilines is 1. The second kappa shape index (κ2) is 9.90. The van der Waals surface area contributed by atoms with E-state index in [1.54, 1.807) is 20.3 Å². The first-order valence-corrected chi connectivity index (χ1v) is 11.2. The maximum Gasteiger partial charge on any atom is 0.254 e. The number of amides is 1. The second-order valence-electron chi connectivity index (χ2n) is 8.33. The predicted octanol–water partition coefficient (Wildman–Crippen LogP) is 4.59. The molecule has 2 heterocycles. The molecule has 1 atom stereocenters. The van der Waals surface area contributed by atoms with Gasteiger partial charge in [0.05, 0.1) is 26.0 Å². The minimum Gasteiger partial charge on any atom is -0.497 e. The smallest absolute Gasteiger partial charge is 0.254 e. The summed E-state index contributed by atoms with van der Waals surface area (Å²) in [6, 6.07) is 15.1. The molecule has 0 saturated carbocycles. The van der Waals surface area contributed by atoms with E-state index >= 15 is 0 Å². The molecule has 2 aromatic carbocycles. The first kappa shape index (κ1) is 22.6. The number of benzene rings is 2. The molecule has 7 nitrogen and oxygen atoms in total. The SMILES string of the molecule is COc1ccc(-c2cnc(N(C)C)nc2C2CCCCN2C(=O)c2cccc(OC)c2)cc1. The molecule has 0 aliphatic carbocycles. The fourth-order valence-corrected chi connectivity index (χ4v) is 4.23. The molecular weight excluding hydrogens is 416 g/mol. The molecule has 1 aromatic heterocycles. The van der Waals surface area contributed by atoms with Crippen LogP contribution in [0.25, 0.3) is 11.1 Å². The Kier molecular flexibility index (Phi) is 6.77. The molecule has 1 unspecified atom stereocenters. The van der Waals surface area contributed by atoms with Crippen molar-refractivity contribution >= 4 is 11.9 Å². The molecule has 3 aromatic rings. The summed E-state index contributed by atoms with van der Waals surface area (Å²) in [5.74, 6) is 2.08. The number of hydrogen-bond acceptors (Lipinski definition) is 6. The lowest BCUT2D eigenvalue weighted by Crippen LogP contribution is -2.39. The highest BCUT2D eigenvalue weighted by atomic mass is 16.5. The zero-order valence-electron chi connectivity index (χ0n) is 19.6. The molecule has 0 N–H and O–H groups in total. The molecule has 7 heteroatoms. The third-order valence-electron chi connectivity index (χ3n) is 6.00. The molecule has 0 spiro atoms. The molecule has 1 aliphatic rings. The minimum atomic E-state index is -0.142. The summed E-state index contributed by atoms with van der Waals surface area (Å²) in [5, 5.41) is 0. The Morgan fingerprint density at radius 2 is 1.79 bits per heavy atom. The molecule has 0 radical (unpaired) electrons. The van der Waals surface area contributed by atoms with Gasteiger partial charge in [0.2, 0.25) is 5.95 Å². The largest absolute Gasteiger partial charge is 0.497 e. The van der Waals surface area contributed by atoms with Crippen molar-refractivity contribution in [3.63, 3.8) is 0 Å². The molecule has 1 fully saturated rings. The Bertz CT molecular complexity index is 1110. The van der Waals surface area contributed by atoms with Crippen molar-refractivity contribution in [2.24, 2.45) is 0 Å². The number of likely N-dealkylation sites (tertiary alicyclic amines) is 1. The van der Waals surface area contributed by atoms with Gasteiger partial charge in [-0.3, -0.25) is 4.79 Å². The van der Waals surface area contributed by atoms with Crippen molar-refractivity contribution in [1.82, 2.24) is 14.9 Å². The van der Waals surface area contributed by atoms with Crippen molar-refractivity contribution in [3.8, 4) is 22.6 Å². The van der Waals surface area contributed by atoms with Crippen LogP contribution in [0.2, 0.25) is 0 Å². The monoisotopic (exact) mass is 446 g/mol. The van der Waals surface area contributed by atoms with Crippen LogP contribution in [0.5, 0.6) is 11.5 Å². The van der Waals surface area contributed by atoms with Crippen LogP contribution < -0.4 is 14.4 Å². The van der Waals surface area contributed by atoms with Crippen LogP contribution in [0.15, 0.2) is 54.7 Å². The number of rotatable bonds is 6. The summed E-state index contributed by atoms with van der Waals surface area (Å²) >= 11 is 0. The van der Waals surface area contributed by atoms with Gasteiger partial charge in [-0.05, 0) is 55.2 Å². The van der Waals surface area contributed by atoms with Gasteiger partial charge in [0, 0.05) is 38.0 Å².